The number of carbonyl (C=O) groups is 1. The minimum absolute atomic E-state index is 0.179. The van der Waals surface area contributed by atoms with Crippen LogP contribution in [0, 0.1) is 0 Å². The van der Waals surface area contributed by atoms with Gasteiger partial charge in [-0.3, -0.25) is 0 Å². The molecule has 2 fully saturated rings. The number of hydrogen-bond donors (Lipinski definition) is 0. The summed E-state index contributed by atoms with van der Waals surface area (Å²) in [7, 11) is -3.37. The Bertz CT molecular complexity index is 712. The third-order valence-electron chi connectivity index (χ3n) is 4.42. The summed E-state index contributed by atoms with van der Waals surface area (Å²) in [5, 5.41) is -0.526. The standard InChI is InChI=1S/C17H24N2O4S/c1-17(2,3)23-16(20)18-9-10-19-14(12-18)11-15(24(19,21)22)13-7-5-4-6-8-13/h4-8,14-15H,9-12H2,1-3H3. The van der Waals surface area contributed by atoms with Gasteiger partial charge < -0.3 is 9.64 Å². The predicted octanol–water partition coefficient (Wildman–Crippen LogP) is 2.38. The quantitative estimate of drug-likeness (QED) is 0.778. The van der Waals surface area contributed by atoms with Gasteiger partial charge in [-0.05, 0) is 32.8 Å². The Hall–Kier alpha value is -1.60. The van der Waals surface area contributed by atoms with Crippen LogP contribution >= 0.6 is 0 Å². The van der Waals surface area contributed by atoms with Crippen LogP contribution in [-0.4, -0.2) is 55.0 Å². The van der Waals surface area contributed by atoms with Crippen LogP contribution in [0.2, 0.25) is 0 Å². The number of ether oxygens (including phenoxy) is 1. The average Bonchev–Trinajstić information content (AvgIpc) is 2.77. The summed E-state index contributed by atoms with van der Waals surface area (Å²) in [6, 6.07) is 9.12. The number of benzene rings is 1. The van der Waals surface area contributed by atoms with Crippen LogP contribution in [0.4, 0.5) is 4.79 Å². The molecule has 0 aliphatic carbocycles. The molecule has 1 amide bonds. The van der Waals surface area contributed by atoms with E-state index in [1.165, 1.54) is 0 Å². The molecule has 0 aromatic heterocycles. The van der Waals surface area contributed by atoms with Gasteiger partial charge in [0, 0.05) is 25.7 Å². The number of hydrogen-bond acceptors (Lipinski definition) is 4. The Labute approximate surface area is 143 Å². The van der Waals surface area contributed by atoms with Crippen LogP contribution in [0.3, 0.4) is 0 Å². The van der Waals surface area contributed by atoms with Gasteiger partial charge in [0.05, 0.1) is 0 Å². The van der Waals surface area contributed by atoms with Crippen LogP contribution in [0.15, 0.2) is 30.3 Å². The zero-order valence-corrected chi connectivity index (χ0v) is 15.1. The number of nitrogens with zero attached hydrogens (tertiary/aromatic N) is 2. The molecule has 0 radical (unpaired) electrons. The Kier molecular flexibility index (Phi) is 4.34. The van der Waals surface area contributed by atoms with Crippen LogP contribution in [0.1, 0.15) is 38.0 Å². The summed E-state index contributed by atoms with van der Waals surface area (Å²) in [4.78, 5) is 13.9. The van der Waals surface area contributed by atoms with Crippen LogP contribution in [-0.2, 0) is 14.8 Å². The van der Waals surface area contributed by atoms with Gasteiger partial charge in [-0.1, -0.05) is 30.3 Å². The normalized spacial score (nSPS) is 26.9. The molecule has 0 N–H and O–H groups in total. The van der Waals surface area contributed by atoms with E-state index in [1.54, 1.807) is 9.21 Å². The summed E-state index contributed by atoms with van der Waals surface area (Å²) in [5.41, 5.74) is 0.262. The monoisotopic (exact) mass is 352 g/mol. The highest BCUT2D eigenvalue weighted by atomic mass is 32.2. The van der Waals surface area contributed by atoms with E-state index < -0.39 is 20.9 Å². The van der Waals surface area contributed by atoms with Crippen LogP contribution in [0.25, 0.3) is 0 Å². The molecule has 132 valence electrons. The van der Waals surface area contributed by atoms with E-state index >= 15 is 0 Å². The topological polar surface area (TPSA) is 66.9 Å². The summed E-state index contributed by atoms with van der Waals surface area (Å²) in [5.74, 6) is 0. The molecule has 1 aromatic rings. The van der Waals surface area contributed by atoms with Crippen LogP contribution in [0.5, 0.6) is 0 Å². The Morgan fingerprint density at radius 2 is 1.83 bits per heavy atom. The first-order valence-corrected chi connectivity index (χ1v) is 9.72. The van der Waals surface area contributed by atoms with Crippen molar-refractivity contribution in [2.45, 2.75) is 44.1 Å². The van der Waals surface area contributed by atoms with E-state index in [2.05, 4.69) is 0 Å². The van der Waals surface area contributed by atoms with Crippen molar-refractivity contribution in [3.8, 4) is 0 Å². The highest BCUT2D eigenvalue weighted by Crippen LogP contribution is 2.40. The lowest BCUT2D eigenvalue weighted by Gasteiger charge is -2.36. The first-order valence-electron chi connectivity index (χ1n) is 8.22. The summed E-state index contributed by atoms with van der Waals surface area (Å²) in [6.07, 6.45) is 0.133. The fraction of sp³-hybridized carbons (Fsp3) is 0.588. The van der Waals surface area contributed by atoms with Gasteiger partial charge in [-0.2, -0.15) is 4.31 Å². The van der Waals surface area contributed by atoms with E-state index in [1.807, 2.05) is 51.1 Å². The highest BCUT2D eigenvalue weighted by molar-refractivity contribution is 7.89. The maximum Gasteiger partial charge on any atom is 0.410 e. The van der Waals surface area contributed by atoms with Crippen molar-refractivity contribution in [2.75, 3.05) is 19.6 Å². The lowest BCUT2D eigenvalue weighted by Crippen LogP contribution is -2.53. The Morgan fingerprint density at radius 3 is 2.46 bits per heavy atom. The molecule has 2 aliphatic heterocycles. The minimum atomic E-state index is -3.37. The SMILES string of the molecule is CC(C)(C)OC(=O)N1CCN2C(CC(c3ccccc3)S2(=O)=O)C1. The van der Waals surface area contributed by atoms with E-state index in [-0.39, 0.29) is 12.1 Å². The molecular weight excluding hydrogens is 328 g/mol. The van der Waals surface area contributed by atoms with Crippen molar-refractivity contribution >= 4 is 16.1 Å². The van der Waals surface area contributed by atoms with Crippen molar-refractivity contribution in [3.05, 3.63) is 35.9 Å². The highest BCUT2D eigenvalue weighted by Gasteiger charge is 2.49. The molecule has 0 spiro atoms. The van der Waals surface area contributed by atoms with E-state index in [9.17, 15) is 13.2 Å². The molecular formula is C17H24N2O4S. The van der Waals surface area contributed by atoms with Gasteiger partial charge in [0.25, 0.3) is 0 Å². The second-order valence-electron chi connectivity index (χ2n) is 7.37. The smallest absolute Gasteiger partial charge is 0.410 e. The second kappa shape index (κ2) is 6.04. The number of amides is 1. The summed E-state index contributed by atoms with van der Waals surface area (Å²) < 4.78 is 32.6. The molecule has 0 bridgehead atoms. The molecule has 24 heavy (non-hydrogen) atoms. The first-order chi connectivity index (χ1) is 11.2. The Balaban J connectivity index is 1.76. The number of piperazine rings is 1. The van der Waals surface area contributed by atoms with Gasteiger partial charge in [0.1, 0.15) is 10.9 Å². The third kappa shape index (κ3) is 3.28. The number of rotatable bonds is 1. The van der Waals surface area contributed by atoms with Crippen molar-refractivity contribution in [1.29, 1.82) is 0 Å². The van der Waals surface area contributed by atoms with E-state index in [0.717, 1.165) is 5.56 Å². The second-order valence-corrected chi connectivity index (χ2v) is 9.44. The number of fused-ring (bicyclic) bond motifs is 1. The van der Waals surface area contributed by atoms with Crippen molar-refractivity contribution in [1.82, 2.24) is 9.21 Å². The zero-order valence-electron chi connectivity index (χ0n) is 14.3. The summed E-state index contributed by atoms with van der Waals surface area (Å²) >= 11 is 0. The molecule has 1 aromatic carbocycles. The van der Waals surface area contributed by atoms with Gasteiger partial charge >= 0.3 is 6.09 Å². The van der Waals surface area contributed by atoms with E-state index in [4.69, 9.17) is 4.74 Å². The number of sulfonamides is 1. The molecule has 2 atom stereocenters. The van der Waals surface area contributed by atoms with Gasteiger partial charge in [0.2, 0.25) is 10.0 Å². The molecule has 2 unspecified atom stereocenters. The molecule has 2 saturated heterocycles. The summed E-state index contributed by atoms with van der Waals surface area (Å²) in [6.45, 7) is 6.56. The van der Waals surface area contributed by atoms with Crippen molar-refractivity contribution in [3.63, 3.8) is 0 Å². The molecule has 3 rings (SSSR count). The molecule has 2 aliphatic rings. The van der Waals surface area contributed by atoms with Gasteiger partial charge in [-0.25, -0.2) is 13.2 Å². The lowest BCUT2D eigenvalue weighted by molar-refractivity contribution is 0.0141. The fourth-order valence-electron chi connectivity index (χ4n) is 3.37. The van der Waals surface area contributed by atoms with Crippen molar-refractivity contribution in [2.24, 2.45) is 0 Å². The molecule has 2 heterocycles. The number of carbonyl (C=O) groups excluding carboxylic acids is 1. The third-order valence-corrected chi connectivity index (χ3v) is 6.74. The Morgan fingerprint density at radius 1 is 1.17 bits per heavy atom. The average molecular weight is 352 g/mol. The minimum Gasteiger partial charge on any atom is -0.444 e. The van der Waals surface area contributed by atoms with Gasteiger partial charge in [-0.15, -0.1) is 0 Å². The van der Waals surface area contributed by atoms with E-state index in [0.29, 0.717) is 26.1 Å². The fourth-order valence-corrected chi connectivity index (χ4v) is 5.56. The lowest BCUT2D eigenvalue weighted by atomic mass is 10.0. The zero-order chi connectivity index (χ0) is 17.5. The molecule has 6 nitrogen and oxygen atoms in total. The van der Waals surface area contributed by atoms with Crippen molar-refractivity contribution < 1.29 is 17.9 Å². The maximum atomic E-state index is 12.8. The van der Waals surface area contributed by atoms with Crippen LogP contribution < -0.4 is 0 Å². The molecule has 7 heteroatoms. The molecule has 0 saturated carbocycles. The maximum absolute atomic E-state index is 12.8. The largest absolute Gasteiger partial charge is 0.444 e. The predicted molar refractivity (Wildman–Crippen MR) is 91.0 cm³/mol. The first kappa shape index (κ1) is 17.2. The van der Waals surface area contributed by atoms with Gasteiger partial charge in [0.15, 0.2) is 0 Å².